The van der Waals surface area contributed by atoms with Crippen LogP contribution in [0.25, 0.3) is 0 Å². The van der Waals surface area contributed by atoms with E-state index in [1.807, 2.05) is 19.1 Å². The molecule has 1 aromatic rings. The largest absolute Gasteiger partial charge is 0.478 e. The summed E-state index contributed by atoms with van der Waals surface area (Å²) >= 11 is 0. The molecule has 0 aromatic heterocycles. The highest BCUT2D eigenvalue weighted by Crippen LogP contribution is 2.22. The zero-order valence-corrected chi connectivity index (χ0v) is 10.1. The van der Waals surface area contributed by atoms with Crippen LogP contribution in [0.1, 0.15) is 28.8 Å². The molecule has 4 nitrogen and oxygen atoms in total. The number of benzene rings is 1. The van der Waals surface area contributed by atoms with E-state index in [0.717, 1.165) is 18.4 Å². The van der Waals surface area contributed by atoms with Crippen molar-refractivity contribution in [3.63, 3.8) is 0 Å². The Morgan fingerprint density at radius 2 is 1.94 bits per heavy atom. The van der Waals surface area contributed by atoms with Crippen molar-refractivity contribution >= 4 is 17.6 Å². The molecule has 2 rings (SSSR count). The molecule has 0 heterocycles. The Morgan fingerprint density at radius 1 is 1.28 bits per heavy atom. The number of carboxylic acid groups (broad SMARTS) is 1. The Labute approximate surface area is 105 Å². The first-order valence-corrected chi connectivity index (χ1v) is 5.87. The van der Waals surface area contributed by atoms with Crippen LogP contribution in [0.3, 0.4) is 0 Å². The van der Waals surface area contributed by atoms with Crippen molar-refractivity contribution in [3.05, 3.63) is 41.5 Å². The highest BCUT2D eigenvalue weighted by atomic mass is 16.4. The molecule has 2 N–H and O–H groups in total. The topological polar surface area (TPSA) is 66.4 Å². The van der Waals surface area contributed by atoms with Crippen LogP contribution in [0.2, 0.25) is 0 Å². The van der Waals surface area contributed by atoms with Gasteiger partial charge in [0.1, 0.15) is 0 Å². The Morgan fingerprint density at radius 3 is 2.56 bits per heavy atom. The van der Waals surface area contributed by atoms with Gasteiger partial charge in [0.15, 0.2) is 0 Å². The van der Waals surface area contributed by atoms with Gasteiger partial charge in [-0.1, -0.05) is 23.8 Å². The summed E-state index contributed by atoms with van der Waals surface area (Å²) in [5, 5.41) is 11.8. The lowest BCUT2D eigenvalue weighted by molar-refractivity contribution is -0.119. The predicted molar refractivity (Wildman–Crippen MR) is 68.6 cm³/mol. The van der Waals surface area contributed by atoms with Crippen LogP contribution in [0.15, 0.2) is 30.4 Å². The minimum absolute atomic E-state index is 0.0760. The molecule has 0 radical (unpaired) electrons. The molecule has 0 spiro atoms. The molecule has 1 aliphatic rings. The van der Waals surface area contributed by atoms with E-state index in [1.165, 1.54) is 0 Å². The molecule has 0 aliphatic heterocycles. The first kappa shape index (κ1) is 12.4. The maximum Gasteiger partial charge on any atom is 0.337 e. The Bertz CT molecular complexity index is 512. The van der Waals surface area contributed by atoms with E-state index in [9.17, 15) is 9.59 Å². The monoisotopic (exact) mass is 245 g/mol. The number of carboxylic acids is 1. The molecule has 0 saturated carbocycles. The Kier molecular flexibility index (Phi) is 3.46. The van der Waals surface area contributed by atoms with Crippen LogP contribution < -0.4 is 5.32 Å². The van der Waals surface area contributed by atoms with E-state index in [1.54, 1.807) is 18.2 Å². The second-order valence-corrected chi connectivity index (χ2v) is 4.48. The quantitative estimate of drug-likeness (QED) is 0.804. The van der Waals surface area contributed by atoms with Gasteiger partial charge in [0.05, 0.1) is 11.3 Å². The lowest BCUT2D eigenvalue weighted by atomic mass is 10.1. The fraction of sp³-hybridized carbons (Fsp3) is 0.286. The number of rotatable bonds is 3. The third kappa shape index (κ3) is 2.59. The molecule has 0 bridgehead atoms. The summed E-state index contributed by atoms with van der Waals surface area (Å²) in [5.41, 5.74) is 1.35. The van der Waals surface area contributed by atoms with Gasteiger partial charge in [0.25, 0.3) is 0 Å². The van der Waals surface area contributed by atoms with Crippen LogP contribution in [0.4, 0.5) is 5.69 Å². The maximum absolute atomic E-state index is 11.9. The number of anilines is 1. The summed E-state index contributed by atoms with van der Waals surface area (Å²) in [6.45, 7) is 1.82. The van der Waals surface area contributed by atoms with Gasteiger partial charge in [0, 0.05) is 5.92 Å². The van der Waals surface area contributed by atoms with Gasteiger partial charge in [-0.15, -0.1) is 0 Å². The highest BCUT2D eigenvalue weighted by molar-refractivity contribution is 6.01. The summed E-state index contributed by atoms with van der Waals surface area (Å²) in [7, 11) is 0. The number of carbonyl (C=O) groups is 2. The van der Waals surface area contributed by atoms with Gasteiger partial charge in [-0.05, 0) is 31.9 Å². The van der Waals surface area contributed by atoms with Gasteiger partial charge in [0.2, 0.25) is 5.91 Å². The number of nitrogens with one attached hydrogen (secondary N) is 1. The van der Waals surface area contributed by atoms with Gasteiger partial charge >= 0.3 is 5.97 Å². The van der Waals surface area contributed by atoms with Crippen molar-refractivity contribution in [2.45, 2.75) is 19.8 Å². The number of hydrogen-bond acceptors (Lipinski definition) is 2. The predicted octanol–water partition coefficient (Wildman–Crippen LogP) is 2.60. The van der Waals surface area contributed by atoms with Crippen molar-refractivity contribution < 1.29 is 14.7 Å². The number of allylic oxidation sites excluding steroid dienone is 2. The van der Waals surface area contributed by atoms with E-state index in [4.69, 9.17) is 5.11 Å². The van der Waals surface area contributed by atoms with Crippen molar-refractivity contribution in [1.29, 1.82) is 0 Å². The molecule has 0 atom stereocenters. The minimum atomic E-state index is -1.03. The first-order chi connectivity index (χ1) is 8.58. The van der Waals surface area contributed by atoms with Crippen LogP contribution in [-0.4, -0.2) is 17.0 Å². The van der Waals surface area contributed by atoms with Crippen LogP contribution in [-0.2, 0) is 4.79 Å². The summed E-state index contributed by atoms with van der Waals surface area (Å²) in [6, 6.07) is 4.98. The molecule has 1 aromatic carbocycles. The lowest BCUT2D eigenvalue weighted by Gasteiger charge is -2.12. The van der Waals surface area contributed by atoms with E-state index < -0.39 is 5.97 Å². The third-order valence-corrected chi connectivity index (χ3v) is 3.04. The maximum atomic E-state index is 11.9. The fourth-order valence-corrected chi connectivity index (χ4v) is 2.01. The summed E-state index contributed by atoms with van der Waals surface area (Å²) in [6.07, 6.45) is 5.38. The van der Waals surface area contributed by atoms with Crippen LogP contribution in [0.5, 0.6) is 0 Å². The van der Waals surface area contributed by atoms with Crippen LogP contribution in [0, 0.1) is 12.8 Å². The normalized spacial score (nSPS) is 14.7. The van der Waals surface area contributed by atoms with Crippen molar-refractivity contribution in [2.75, 3.05) is 5.32 Å². The first-order valence-electron chi connectivity index (χ1n) is 5.87. The van der Waals surface area contributed by atoms with E-state index >= 15 is 0 Å². The zero-order valence-electron chi connectivity index (χ0n) is 10.1. The number of hydrogen-bond donors (Lipinski definition) is 2. The number of aromatic carboxylic acids is 1. The van der Waals surface area contributed by atoms with Gasteiger partial charge in [-0.2, -0.15) is 0 Å². The molecule has 0 saturated heterocycles. The van der Waals surface area contributed by atoms with Crippen molar-refractivity contribution in [2.24, 2.45) is 5.92 Å². The number of aryl methyl sites for hydroxylation is 1. The Hall–Kier alpha value is -2.10. The minimum Gasteiger partial charge on any atom is -0.478 e. The molecule has 1 aliphatic carbocycles. The molecule has 0 fully saturated rings. The Balaban J connectivity index is 2.18. The second-order valence-electron chi connectivity index (χ2n) is 4.48. The van der Waals surface area contributed by atoms with Crippen LogP contribution >= 0.6 is 0 Å². The molecule has 0 unspecified atom stereocenters. The summed E-state index contributed by atoms with van der Waals surface area (Å²) < 4.78 is 0. The molecule has 94 valence electrons. The number of amides is 1. The second kappa shape index (κ2) is 5.04. The number of carbonyl (C=O) groups excluding carboxylic acids is 1. The average Bonchev–Trinajstić information content (AvgIpc) is 2.84. The zero-order chi connectivity index (χ0) is 13.1. The van der Waals surface area contributed by atoms with Crippen molar-refractivity contribution in [3.8, 4) is 0 Å². The molecular weight excluding hydrogens is 230 g/mol. The standard InChI is InChI=1S/C14H15NO3/c1-9-6-7-12(11(8-9)14(17)18)15-13(16)10-4-2-3-5-10/h2-3,6-8,10H,4-5H2,1H3,(H,15,16)(H,17,18). The summed E-state index contributed by atoms with van der Waals surface area (Å²) in [4.78, 5) is 23.0. The third-order valence-electron chi connectivity index (χ3n) is 3.04. The lowest BCUT2D eigenvalue weighted by Crippen LogP contribution is -2.22. The SMILES string of the molecule is Cc1ccc(NC(=O)C2CC=CC2)c(C(=O)O)c1. The molecular formula is C14H15NO3. The average molecular weight is 245 g/mol. The smallest absolute Gasteiger partial charge is 0.337 e. The van der Waals surface area contributed by atoms with E-state index in [2.05, 4.69) is 5.32 Å². The molecule has 4 heteroatoms. The van der Waals surface area contributed by atoms with E-state index in [0.29, 0.717) is 5.69 Å². The highest BCUT2D eigenvalue weighted by Gasteiger charge is 2.21. The fourth-order valence-electron chi connectivity index (χ4n) is 2.01. The van der Waals surface area contributed by atoms with E-state index in [-0.39, 0.29) is 17.4 Å². The van der Waals surface area contributed by atoms with Crippen molar-refractivity contribution in [1.82, 2.24) is 0 Å². The van der Waals surface area contributed by atoms with Gasteiger partial charge < -0.3 is 10.4 Å². The van der Waals surface area contributed by atoms with Gasteiger partial charge in [-0.25, -0.2) is 4.79 Å². The summed E-state index contributed by atoms with van der Waals surface area (Å²) in [5.74, 6) is -1.22. The molecule has 18 heavy (non-hydrogen) atoms. The van der Waals surface area contributed by atoms with Gasteiger partial charge in [-0.3, -0.25) is 4.79 Å². The molecule has 1 amide bonds.